The maximum Gasteiger partial charge on any atom is 0.234 e. The number of thioether (sulfide) groups is 2. The number of hydrogen-bond acceptors (Lipinski definition) is 5. The number of anilines is 1. The van der Waals surface area contributed by atoms with E-state index in [1.807, 2.05) is 53.1 Å². The van der Waals surface area contributed by atoms with E-state index in [4.69, 9.17) is 0 Å². The normalized spacial score (nSPS) is 10.7. The Hall–Kier alpha value is -3.10. The number of carbonyl (C=O) groups excluding carboxylic acids is 1. The molecule has 0 aliphatic rings. The minimum Gasteiger partial charge on any atom is -0.325 e. The van der Waals surface area contributed by atoms with E-state index in [1.165, 1.54) is 36.0 Å². The molecule has 4 aromatic rings. The van der Waals surface area contributed by atoms with Crippen molar-refractivity contribution in [2.24, 2.45) is 0 Å². The maximum atomic E-state index is 13.0. The van der Waals surface area contributed by atoms with Crippen LogP contribution in [0.5, 0.6) is 0 Å². The van der Waals surface area contributed by atoms with E-state index >= 15 is 0 Å². The quantitative estimate of drug-likeness (QED) is 0.363. The lowest BCUT2D eigenvalue weighted by atomic mass is 10.3. The molecular formula is C23H19FN4OS2. The van der Waals surface area contributed by atoms with Crippen molar-refractivity contribution in [3.05, 3.63) is 96.6 Å². The second-order valence-corrected chi connectivity index (χ2v) is 8.51. The Kier molecular flexibility index (Phi) is 7.01. The number of carbonyl (C=O) groups is 1. The molecule has 0 atom stereocenters. The number of aromatic nitrogens is 3. The first kappa shape index (κ1) is 21.1. The summed E-state index contributed by atoms with van der Waals surface area (Å²) in [6.07, 6.45) is 0. The third-order valence-corrected chi connectivity index (χ3v) is 6.22. The molecule has 8 heteroatoms. The largest absolute Gasteiger partial charge is 0.325 e. The highest BCUT2D eigenvalue weighted by Crippen LogP contribution is 2.27. The molecule has 1 heterocycles. The zero-order valence-electron chi connectivity index (χ0n) is 16.4. The summed E-state index contributed by atoms with van der Waals surface area (Å²) in [7, 11) is 0. The summed E-state index contributed by atoms with van der Waals surface area (Å²) in [5.74, 6) is 1.08. The molecule has 0 saturated heterocycles. The average Bonchev–Trinajstić information content (AvgIpc) is 3.22. The molecule has 0 spiro atoms. The molecule has 1 amide bonds. The molecule has 4 rings (SSSR count). The van der Waals surface area contributed by atoms with Crippen molar-refractivity contribution in [3.8, 4) is 5.69 Å². The predicted octanol–water partition coefficient (Wildman–Crippen LogP) is 5.43. The van der Waals surface area contributed by atoms with E-state index in [-0.39, 0.29) is 17.5 Å². The van der Waals surface area contributed by atoms with E-state index in [1.54, 1.807) is 11.8 Å². The lowest BCUT2D eigenvalue weighted by Crippen LogP contribution is -2.14. The average molecular weight is 451 g/mol. The minimum absolute atomic E-state index is 0.161. The molecule has 0 radical (unpaired) electrons. The van der Waals surface area contributed by atoms with Crippen LogP contribution in [-0.2, 0) is 10.5 Å². The molecule has 5 nitrogen and oxygen atoms in total. The number of nitrogens with one attached hydrogen (secondary N) is 1. The van der Waals surface area contributed by atoms with Gasteiger partial charge in [0.25, 0.3) is 0 Å². The molecule has 31 heavy (non-hydrogen) atoms. The fraction of sp³-hybridized carbons (Fsp3) is 0.0870. The topological polar surface area (TPSA) is 59.8 Å². The van der Waals surface area contributed by atoms with Crippen LogP contribution < -0.4 is 5.32 Å². The van der Waals surface area contributed by atoms with Gasteiger partial charge in [-0.1, -0.05) is 48.2 Å². The van der Waals surface area contributed by atoms with Gasteiger partial charge in [-0.25, -0.2) is 4.39 Å². The zero-order chi connectivity index (χ0) is 21.5. The van der Waals surface area contributed by atoms with E-state index in [2.05, 4.69) is 27.6 Å². The van der Waals surface area contributed by atoms with Crippen molar-refractivity contribution in [1.82, 2.24) is 14.8 Å². The number of nitrogens with zero attached hydrogens (tertiary/aromatic N) is 3. The van der Waals surface area contributed by atoms with Gasteiger partial charge in [0, 0.05) is 16.3 Å². The molecule has 1 N–H and O–H groups in total. The maximum absolute atomic E-state index is 13.0. The first-order chi connectivity index (χ1) is 15.2. The molecular weight excluding hydrogens is 431 g/mol. The van der Waals surface area contributed by atoms with Gasteiger partial charge in [-0.05, 0) is 48.5 Å². The van der Waals surface area contributed by atoms with E-state index in [0.29, 0.717) is 16.6 Å². The van der Waals surface area contributed by atoms with Crippen LogP contribution in [0.1, 0.15) is 5.82 Å². The van der Waals surface area contributed by atoms with Crippen LogP contribution in [0, 0.1) is 5.82 Å². The Morgan fingerprint density at radius 3 is 2.26 bits per heavy atom. The smallest absolute Gasteiger partial charge is 0.234 e. The minimum atomic E-state index is -0.343. The number of para-hydroxylation sites is 1. The highest BCUT2D eigenvalue weighted by molar-refractivity contribution is 7.99. The van der Waals surface area contributed by atoms with Crippen LogP contribution in [0.15, 0.2) is 95.0 Å². The molecule has 0 fully saturated rings. The second-order valence-electron chi connectivity index (χ2n) is 6.52. The molecule has 0 aliphatic carbocycles. The molecule has 3 aromatic carbocycles. The molecule has 0 aliphatic heterocycles. The van der Waals surface area contributed by atoms with E-state index in [9.17, 15) is 9.18 Å². The van der Waals surface area contributed by atoms with Crippen LogP contribution in [0.3, 0.4) is 0 Å². The fourth-order valence-corrected chi connectivity index (χ4v) is 4.45. The summed E-state index contributed by atoms with van der Waals surface area (Å²) >= 11 is 2.99. The Balaban J connectivity index is 1.48. The van der Waals surface area contributed by atoms with Gasteiger partial charge >= 0.3 is 0 Å². The predicted molar refractivity (Wildman–Crippen MR) is 123 cm³/mol. The van der Waals surface area contributed by atoms with Gasteiger partial charge in [0.05, 0.1) is 11.5 Å². The third-order valence-electron chi connectivity index (χ3n) is 4.29. The summed E-state index contributed by atoms with van der Waals surface area (Å²) in [5.41, 5.74) is 1.49. The van der Waals surface area contributed by atoms with Crippen molar-refractivity contribution in [1.29, 1.82) is 0 Å². The Morgan fingerprint density at radius 1 is 0.871 bits per heavy atom. The Labute approximate surface area is 188 Å². The molecule has 0 saturated carbocycles. The first-order valence-corrected chi connectivity index (χ1v) is 11.5. The van der Waals surface area contributed by atoms with Gasteiger partial charge in [0.15, 0.2) is 5.16 Å². The zero-order valence-corrected chi connectivity index (χ0v) is 18.1. The highest BCUT2D eigenvalue weighted by Gasteiger charge is 2.16. The van der Waals surface area contributed by atoms with E-state index < -0.39 is 0 Å². The summed E-state index contributed by atoms with van der Waals surface area (Å²) in [5, 5.41) is 12.1. The SMILES string of the molecule is O=C(CSc1nnc(CSc2ccccc2)n1-c1ccccc1)Nc1ccc(F)cc1. The molecule has 156 valence electrons. The van der Waals surface area contributed by atoms with Crippen molar-refractivity contribution in [2.75, 3.05) is 11.1 Å². The Bertz CT molecular complexity index is 1140. The summed E-state index contributed by atoms with van der Waals surface area (Å²) in [6.45, 7) is 0. The Morgan fingerprint density at radius 2 is 1.55 bits per heavy atom. The van der Waals surface area contributed by atoms with Gasteiger partial charge in [-0.2, -0.15) is 0 Å². The summed E-state index contributed by atoms with van der Waals surface area (Å²) in [4.78, 5) is 13.5. The molecule has 0 bridgehead atoms. The van der Waals surface area contributed by atoms with Crippen LogP contribution in [0.2, 0.25) is 0 Å². The highest BCUT2D eigenvalue weighted by atomic mass is 32.2. The van der Waals surface area contributed by atoms with Gasteiger partial charge in [-0.3, -0.25) is 9.36 Å². The molecule has 1 aromatic heterocycles. The first-order valence-electron chi connectivity index (χ1n) is 9.55. The monoisotopic (exact) mass is 450 g/mol. The van der Waals surface area contributed by atoms with E-state index in [0.717, 1.165) is 16.4 Å². The summed E-state index contributed by atoms with van der Waals surface area (Å²) in [6, 6.07) is 25.6. The van der Waals surface area contributed by atoms with Crippen LogP contribution in [0.4, 0.5) is 10.1 Å². The number of halogens is 1. The fourth-order valence-electron chi connectivity index (χ4n) is 2.85. The standard InChI is InChI=1S/C23H19FN4OS2/c24-17-11-13-18(14-12-17)25-22(29)16-31-23-27-26-21(15-30-20-9-5-2-6-10-20)28(23)19-7-3-1-4-8-19/h1-14H,15-16H2,(H,25,29). The van der Waals surface area contributed by atoms with Crippen molar-refractivity contribution in [2.45, 2.75) is 15.8 Å². The third kappa shape index (κ3) is 5.74. The lowest BCUT2D eigenvalue weighted by Gasteiger charge is -2.10. The summed E-state index contributed by atoms with van der Waals surface area (Å²) < 4.78 is 15.0. The van der Waals surface area contributed by atoms with Crippen LogP contribution in [-0.4, -0.2) is 26.4 Å². The van der Waals surface area contributed by atoms with Crippen molar-refractivity contribution in [3.63, 3.8) is 0 Å². The molecule has 0 unspecified atom stereocenters. The number of hydrogen-bond donors (Lipinski definition) is 1. The number of rotatable bonds is 8. The van der Waals surface area contributed by atoms with Gasteiger partial charge in [0.1, 0.15) is 11.6 Å². The van der Waals surface area contributed by atoms with Gasteiger partial charge in [-0.15, -0.1) is 22.0 Å². The van der Waals surface area contributed by atoms with Crippen molar-refractivity contribution >= 4 is 35.1 Å². The number of benzene rings is 3. The van der Waals surface area contributed by atoms with Gasteiger partial charge < -0.3 is 5.32 Å². The van der Waals surface area contributed by atoms with Gasteiger partial charge in [0.2, 0.25) is 5.91 Å². The van der Waals surface area contributed by atoms with Crippen LogP contribution >= 0.6 is 23.5 Å². The second kappa shape index (κ2) is 10.3. The number of amides is 1. The van der Waals surface area contributed by atoms with Crippen LogP contribution in [0.25, 0.3) is 5.69 Å². The lowest BCUT2D eigenvalue weighted by molar-refractivity contribution is -0.113. The van der Waals surface area contributed by atoms with Crippen molar-refractivity contribution < 1.29 is 9.18 Å².